The van der Waals surface area contributed by atoms with Gasteiger partial charge in [0.05, 0.1) is 6.42 Å². The van der Waals surface area contributed by atoms with E-state index in [1.807, 2.05) is 0 Å². The first kappa shape index (κ1) is 15.9. The Hall–Kier alpha value is -3.03. The Morgan fingerprint density at radius 2 is 2.04 bits per heavy atom. The van der Waals surface area contributed by atoms with Crippen LogP contribution in [0.5, 0.6) is 11.5 Å². The molecule has 0 atom stereocenters. The molecular formula is C16H17N3O5. The van der Waals surface area contributed by atoms with E-state index in [1.54, 1.807) is 24.3 Å². The molecule has 2 N–H and O–H groups in total. The molecule has 1 amide bonds. The second-order valence-corrected chi connectivity index (χ2v) is 5.92. The topological polar surface area (TPSA) is 103 Å². The molecule has 0 saturated carbocycles. The van der Waals surface area contributed by atoms with Crippen LogP contribution in [-0.2, 0) is 21.5 Å². The second kappa shape index (κ2) is 5.88. The van der Waals surface area contributed by atoms with Gasteiger partial charge in [-0.3, -0.25) is 9.48 Å². The van der Waals surface area contributed by atoms with Gasteiger partial charge in [0.1, 0.15) is 0 Å². The lowest BCUT2D eigenvalue weighted by atomic mass is 10.1. The van der Waals surface area contributed by atoms with Crippen LogP contribution in [-0.4, -0.2) is 33.6 Å². The molecule has 8 heteroatoms. The summed E-state index contributed by atoms with van der Waals surface area (Å²) in [6.45, 7) is 3.24. The molecule has 0 spiro atoms. The minimum absolute atomic E-state index is 0.145. The monoisotopic (exact) mass is 331 g/mol. The van der Waals surface area contributed by atoms with Gasteiger partial charge in [-0.15, -0.1) is 0 Å². The molecule has 1 aliphatic heterocycles. The van der Waals surface area contributed by atoms with Gasteiger partial charge in [-0.05, 0) is 31.5 Å². The number of hydrogen-bond acceptors (Lipinski definition) is 5. The molecule has 0 bridgehead atoms. The highest BCUT2D eigenvalue weighted by molar-refractivity contribution is 5.91. The zero-order chi connectivity index (χ0) is 17.3. The third kappa shape index (κ3) is 3.03. The lowest BCUT2D eigenvalue weighted by Gasteiger charge is -2.19. The van der Waals surface area contributed by atoms with Crippen molar-refractivity contribution in [1.82, 2.24) is 9.78 Å². The maximum absolute atomic E-state index is 12.1. The summed E-state index contributed by atoms with van der Waals surface area (Å²) in [5.74, 6) is 0.313. The van der Waals surface area contributed by atoms with Gasteiger partial charge in [-0.1, -0.05) is 6.07 Å². The van der Waals surface area contributed by atoms with Crippen molar-refractivity contribution in [3.63, 3.8) is 0 Å². The molecule has 8 nitrogen and oxygen atoms in total. The van der Waals surface area contributed by atoms with E-state index >= 15 is 0 Å². The number of nitrogens with zero attached hydrogens (tertiary/aromatic N) is 2. The predicted molar refractivity (Wildman–Crippen MR) is 84.1 cm³/mol. The Balaban J connectivity index is 1.65. The molecule has 0 fully saturated rings. The summed E-state index contributed by atoms with van der Waals surface area (Å²) in [7, 11) is 0. The van der Waals surface area contributed by atoms with Gasteiger partial charge in [0.2, 0.25) is 12.7 Å². The number of aromatic nitrogens is 2. The first-order chi connectivity index (χ1) is 11.4. The molecule has 0 radical (unpaired) electrons. The molecule has 24 heavy (non-hydrogen) atoms. The van der Waals surface area contributed by atoms with Gasteiger partial charge >= 0.3 is 5.97 Å². The average Bonchev–Trinajstić information content (AvgIpc) is 3.15. The average molecular weight is 331 g/mol. The number of aliphatic carboxylic acids is 1. The number of hydrogen-bond donors (Lipinski definition) is 2. The molecule has 1 aliphatic rings. The van der Waals surface area contributed by atoms with Crippen molar-refractivity contribution in [3.8, 4) is 11.5 Å². The van der Waals surface area contributed by atoms with Gasteiger partial charge in [0.25, 0.3) is 0 Å². The Morgan fingerprint density at radius 3 is 2.79 bits per heavy atom. The molecule has 2 heterocycles. The SMILES string of the molecule is CC(C)(C(=O)O)n1ccc(NC(=O)Cc2ccc3c(c2)OCO3)n1. The van der Waals surface area contributed by atoms with Crippen LogP contribution in [0.25, 0.3) is 0 Å². The Labute approximate surface area is 138 Å². The van der Waals surface area contributed by atoms with Crippen molar-refractivity contribution in [2.24, 2.45) is 0 Å². The number of carbonyl (C=O) groups is 2. The van der Waals surface area contributed by atoms with Crippen molar-refractivity contribution < 1.29 is 24.2 Å². The Morgan fingerprint density at radius 1 is 1.29 bits per heavy atom. The van der Waals surface area contributed by atoms with Crippen molar-refractivity contribution in [1.29, 1.82) is 0 Å². The molecule has 0 aliphatic carbocycles. The maximum Gasteiger partial charge on any atom is 0.331 e. The number of carboxylic acids is 1. The fraction of sp³-hybridized carbons (Fsp3) is 0.312. The van der Waals surface area contributed by atoms with Crippen molar-refractivity contribution >= 4 is 17.7 Å². The molecule has 126 valence electrons. The van der Waals surface area contributed by atoms with Crippen molar-refractivity contribution in [3.05, 3.63) is 36.0 Å². The number of rotatable bonds is 5. The smallest absolute Gasteiger partial charge is 0.331 e. The quantitative estimate of drug-likeness (QED) is 0.863. The number of anilines is 1. The van der Waals surface area contributed by atoms with E-state index in [1.165, 1.54) is 24.7 Å². The number of benzene rings is 1. The first-order valence-electron chi connectivity index (χ1n) is 7.34. The van der Waals surface area contributed by atoms with Crippen LogP contribution < -0.4 is 14.8 Å². The summed E-state index contributed by atoms with van der Waals surface area (Å²) in [4.78, 5) is 23.3. The number of nitrogens with one attached hydrogen (secondary N) is 1. The highest BCUT2D eigenvalue weighted by Crippen LogP contribution is 2.32. The Bertz CT molecular complexity index is 797. The third-order valence-electron chi connectivity index (χ3n) is 3.75. The molecule has 0 unspecified atom stereocenters. The number of fused-ring (bicyclic) bond motifs is 1. The van der Waals surface area contributed by atoms with E-state index in [2.05, 4.69) is 10.4 Å². The first-order valence-corrected chi connectivity index (χ1v) is 7.34. The second-order valence-electron chi connectivity index (χ2n) is 5.92. The zero-order valence-corrected chi connectivity index (χ0v) is 13.3. The van der Waals surface area contributed by atoms with E-state index in [0.717, 1.165) is 5.56 Å². The normalized spacial score (nSPS) is 12.9. The minimum atomic E-state index is -1.19. The van der Waals surface area contributed by atoms with Gasteiger partial charge in [-0.2, -0.15) is 5.10 Å². The molecule has 1 aromatic heterocycles. The third-order valence-corrected chi connectivity index (χ3v) is 3.75. The van der Waals surface area contributed by atoms with Gasteiger partial charge in [0.15, 0.2) is 22.9 Å². The van der Waals surface area contributed by atoms with Crippen molar-refractivity contribution in [2.75, 3.05) is 12.1 Å². The molecule has 3 rings (SSSR count). The Kier molecular flexibility index (Phi) is 3.88. The summed E-state index contributed by atoms with van der Waals surface area (Å²) >= 11 is 0. The van der Waals surface area contributed by atoms with Crippen LogP contribution >= 0.6 is 0 Å². The van der Waals surface area contributed by atoms with Gasteiger partial charge < -0.3 is 19.9 Å². The van der Waals surface area contributed by atoms with Crippen LogP contribution in [0.1, 0.15) is 19.4 Å². The van der Waals surface area contributed by atoms with E-state index in [4.69, 9.17) is 9.47 Å². The van der Waals surface area contributed by atoms with E-state index in [0.29, 0.717) is 17.3 Å². The van der Waals surface area contributed by atoms with Crippen molar-refractivity contribution in [2.45, 2.75) is 25.8 Å². The maximum atomic E-state index is 12.1. The van der Waals surface area contributed by atoms with Crippen LogP contribution in [0, 0.1) is 0 Å². The molecule has 2 aromatic rings. The zero-order valence-electron chi connectivity index (χ0n) is 13.3. The van der Waals surface area contributed by atoms with Crippen LogP contribution in [0.2, 0.25) is 0 Å². The summed E-state index contributed by atoms with van der Waals surface area (Å²) in [5, 5.41) is 15.9. The van der Waals surface area contributed by atoms with Crippen LogP contribution in [0.4, 0.5) is 5.82 Å². The highest BCUT2D eigenvalue weighted by Gasteiger charge is 2.30. The minimum Gasteiger partial charge on any atom is -0.479 e. The van der Waals surface area contributed by atoms with Gasteiger partial charge in [0, 0.05) is 12.3 Å². The molecule has 1 aromatic carbocycles. The van der Waals surface area contributed by atoms with Crippen LogP contribution in [0.15, 0.2) is 30.5 Å². The molecular weight excluding hydrogens is 314 g/mol. The van der Waals surface area contributed by atoms with Gasteiger partial charge in [-0.25, -0.2) is 4.79 Å². The summed E-state index contributed by atoms with van der Waals surface area (Å²) in [6, 6.07) is 6.87. The number of amides is 1. The van der Waals surface area contributed by atoms with E-state index in [-0.39, 0.29) is 19.1 Å². The fourth-order valence-electron chi connectivity index (χ4n) is 2.22. The standard InChI is InChI=1S/C16H17N3O5/c1-16(2,15(21)22)19-6-5-13(18-19)17-14(20)8-10-3-4-11-12(7-10)24-9-23-11/h3-7H,8-9H2,1-2H3,(H,21,22)(H,17,18,20). The highest BCUT2D eigenvalue weighted by atomic mass is 16.7. The lowest BCUT2D eigenvalue weighted by Crippen LogP contribution is -2.36. The predicted octanol–water partition coefficient (Wildman–Crippen LogP) is 1.61. The molecule has 0 saturated heterocycles. The number of ether oxygens (including phenoxy) is 2. The lowest BCUT2D eigenvalue weighted by molar-refractivity contribution is -0.146. The van der Waals surface area contributed by atoms with Crippen LogP contribution in [0.3, 0.4) is 0 Å². The number of carboxylic acid groups (broad SMARTS) is 1. The summed E-state index contributed by atoms with van der Waals surface area (Å²) < 4.78 is 11.8. The summed E-state index contributed by atoms with van der Waals surface area (Å²) in [5.41, 5.74) is -0.414. The number of carbonyl (C=O) groups excluding carboxylic acids is 1. The summed E-state index contributed by atoms with van der Waals surface area (Å²) in [6.07, 6.45) is 1.66. The largest absolute Gasteiger partial charge is 0.479 e. The van der Waals surface area contributed by atoms with E-state index < -0.39 is 11.5 Å². The fourth-order valence-corrected chi connectivity index (χ4v) is 2.22. The van der Waals surface area contributed by atoms with E-state index in [9.17, 15) is 14.7 Å².